The minimum atomic E-state index is -0.211. The van der Waals surface area contributed by atoms with Gasteiger partial charge in [0.15, 0.2) is 0 Å². The van der Waals surface area contributed by atoms with Crippen LogP contribution in [0.5, 0.6) is 0 Å². The van der Waals surface area contributed by atoms with Crippen LogP contribution in [0.25, 0.3) is 11.7 Å². The third kappa shape index (κ3) is 5.02. The molecule has 0 spiro atoms. The number of carbonyl (C=O) groups excluding carboxylic acids is 1. The van der Waals surface area contributed by atoms with E-state index in [1.54, 1.807) is 17.2 Å². The van der Waals surface area contributed by atoms with Crippen molar-refractivity contribution in [1.82, 2.24) is 14.3 Å². The molecule has 1 amide bonds. The van der Waals surface area contributed by atoms with Crippen molar-refractivity contribution >= 4 is 51.7 Å². The lowest BCUT2D eigenvalue weighted by molar-refractivity contribution is -0.122. The van der Waals surface area contributed by atoms with Gasteiger partial charge in [0, 0.05) is 19.3 Å². The second-order valence-electron chi connectivity index (χ2n) is 7.91. The van der Waals surface area contributed by atoms with Crippen molar-refractivity contribution in [2.24, 2.45) is 0 Å². The van der Waals surface area contributed by atoms with Gasteiger partial charge < -0.3 is 5.32 Å². The van der Waals surface area contributed by atoms with Crippen LogP contribution in [0.15, 0.2) is 58.4 Å². The zero-order valence-electron chi connectivity index (χ0n) is 18.7. The summed E-state index contributed by atoms with van der Waals surface area (Å²) < 4.78 is 2.05. The number of aromatic nitrogens is 2. The van der Waals surface area contributed by atoms with E-state index in [9.17, 15) is 9.59 Å². The molecule has 0 unspecified atom stereocenters. The standard InChI is InChI=1S/C25H26N4O2S2/c1-3-13-26-21-19(23(30)28-14-7-9-17(2)22(28)27-21)16-20-24(31)29(25(32)33-20)15-8-12-18-10-5-4-6-11-18/h4-7,9-11,14,16,26H,3,8,12-13,15H2,1-2H3/b20-16-. The predicted octanol–water partition coefficient (Wildman–Crippen LogP) is 4.66. The highest BCUT2D eigenvalue weighted by Gasteiger charge is 2.32. The van der Waals surface area contributed by atoms with Gasteiger partial charge in [0.1, 0.15) is 15.8 Å². The maximum atomic E-state index is 13.3. The van der Waals surface area contributed by atoms with E-state index >= 15 is 0 Å². The second kappa shape index (κ2) is 10.3. The summed E-state index contributed by atoms with van der Waals surface area (Å²) in [6, 6.07) is 13.9. The number of hydrogen-bond acceptors (Lipinski definition) is 6. The highest BCUT2D eigenvalue weighted by atomic mass is 32.2. The Morgan fingerprint density at radius 1 is 1.15 bits per heavy atom. The predicted molar refractivity (Wildman–Crippen MR) is 140 cm³/mol. The topological polar surface area (TPSA) is 66.7 Å². The Kier molecular flexibility index (Phi) is 7.25. The Bertz CT molecular complexity index is 1280. The molecule has 1 N–H and O–H groups in total. The van der Waals surface area contributed by atoms with E-state index in [0.717, 1.165) is 24.8 Å². The first-order chi connectivity index (χ1) is 16.0. The lowest BCUT2D eigenvalue weighted by atomic mass is 10.1. The van der Waals surface area contributed by atoms with Crippen LogP contribution in [-0.2, 0) is 11.2 Å². The summed E-state index contributed by atoms with van der Waals surface area (Å²) in [6.07, 6.45) is 5.91. The van der Waals surface area contributed by atoms with Crippen LogP contribution in [0.3, 0.4) is 0 Å². The summed E-state index contributed by atoms with van der Waals surface area (Å²) in [5.74, 6) is 0.332. The Morgan fingerprint density at radius 2 is 1.94 bits per heavy atom. The second-order valence-corrected chi connectivity index (χ2v) is 9.59. The monoisotopic (exact) mass is 478 g/mol. The van der Waals surface area contributed by atoms with Crippen molar-refractivity contribution in [3.05, 3.63) is 80.6 Å². The molecule has 1 aliphatic rings. The summed E-state index contributed by atoms with van der Waals surface area (Å²) in [7, 11) is 0. The molecule has 0 aliphatic carbocycles. The van der Waals surface area contributed by atoms with E-state index < -0.39 is 0 Å². The minimum Gasteiger partial charge on any atom is -0.369 e. The van der Waals surface area contributed by atoms with Crippen molar-refractivity contribution in [2.45, 2.75) is 33.1 Å². The Labute approximate surface area is 202 Å². The van der Waals surface area contributed by atoms with Crippen LogP contribution < -0.4 is 10.9 Å². The number of carbonyl (C=O) groups is 1. The van der Waals surface area contributed by atoms with Gasteiger partial charge in [0.25, 0.3) is 11.5 Å². The molecule has 170 valence electrons. The number of nitrogens with one attached hydrogen (secondary N) is 1. The third-order valence-electron chi connectivity index (χ3n) is 5.47. The zero-order chi connectivity index (χ0) is 23.4. The summed E-state index contributed by atoms with van der Waals surface area (Å²) in [6.45, 7) is 5.19. The molecule has 33 heavy (non-hydrogen) atoms. The number of thiocarbonyl (C=S) groups is 1. The molecule has 3 heterocycles. The first-order valence-electron chi connectivity index (χ1n) is 11.0. The maximum Gasteiger partial charge on any atom is 0.267 e. The molecule has 1 aromatic carbocycles. The molecular weight excluding hydrogens is 452 g/mol. The zero-order valence-corrected chi connectivity index (χ0v) is 20.3. The Morgan fingerprint density at radius 3 is 2.70 bits per heavy atom. The van der Waals surface area contributed by atoms with Crippen LogP contribution >= 0.6 is 24.0 Å². The molecule has 3 aromatic rings. The van der Waals surface area contributed by atoms with E-state index in [2.05, 4.69) is 17.4 Å². The van der Waals surface area contributed by atoms with Crippen molar-refractivity contribution in [2.75, 3.05) is 18.4 Å². The molecule has 1 fully saturated rings. The molecule has 0 saturated carbocycles. The van der Waals surface area contributed by atoms with Crippen molar-refractivity contribution in [3.8, 4) is 0 Å². The van der Waals surface area contributed by atoms with Gasteiger partial charge in [0.05, 0.1) is 10.5 Å². The summed E-state index contributed by atoms with van der Waals surface area (Å²) in [5.41, 5.74) is 2.90. The Balaban J connectivity index is 1.62. The van der Waals surface area contributed by atoms with Crippen LogP contribution in [0.1, 0.15) is 36.5 Å². The average Bonchev–Trinajstić information content (AvgIpc) is 3.08. The molecule has 0 atom stereocenters. The van der Waals surface area contributed by atoms with Gasteiger partial charge in [0.2, 0.25) is 0 Å². The van der Waals surface area contributed by atoms with E-state index in [1.165, 1.54) is 21.7 Å². The number of aryl methyl sites for hydroxylation is 2. The fourth-order valence-corrected chi connectivity index (χ4v) is 5.02. The number of fused-ring (bicyclic) bond motifs is 1. The van der Waals surface area contributed by atoms with E-state index in [0.29, 0.717) is 39.3 Å². The van der Waals surface area contributed by atoms with Gasteiger partial charge in [-0.25, -0.2) is 4.98 Å². The maximum absolute atomic E-state index is 13.3. The number of hydrogen-bond donors (Lipinski definition) is 1. The van der Waals surface area contributed by atoms with E-state index in [-0.39, 0.29) is 11.5 Å². The van der Waals surface area contributed by atoms with E-state index in [1.807, 2.05) is 44.2 Å². The van der Waals surface area contributed by atoms with Gasteiger partial charge in [-0.2, -0.15) is 0 Å². The molecule has 6 nitrogen and oxygen atoms in total. The fraction of sp³-hybridized carbons (Fsp3) is 0.280. The molecular formula is C25H26N4O2S2. The summed E-state index contributed by atoms with van der Waals surface area (Å²) in [5, 5.41) is 3.25. The number of benzene rings is 1. The first kappa shape index (κ1) is 23.2. The van der Waals surface area contributed by atoms with Gasteiger partial charge in [-0.15, -0.1) is 0 Å². The minimum absolute atomic E-state index is 0.159. The number of nitrogens with zero attached hydrogens (tertiary/aromatic N) is 3. The van der Waals surface area contributed by atoms with Gasteiger partial charge >= 0.3 is 0 Å². The Hall–Kier alpha value is -2.97. The highest BCUT2D eigenvalue weighted by Crippen LogP contribution is 2.33. The van der Waals surface area contributed by atoms with Crippen molar-refractivity contribution in [1.29, 1.82) is 0 Å². The van der Waals surface area contributed by atoms with E-state index in [4.69, 9.17) is 17.2 Å². The van der Waals surface area contributed by atoms with Crippen molar-refractivity contribution in [3.63, 3.8) is 0 Å². The summed E-state index contributed by atoms with van der Waals surface area (Å²) in [4.78, 5) is 33.2. The number of amides is 1. The number of rotatable bonds is 8. The third-order valence-corrected chi connectivity index (χ3v) is 6.84. The van der Waals surface area contributed by atoms with Gasteiger partial charge in [-0.05, 0) is 49.5 Å². The summed E-state index contributed by atoms with van der Waals surface area (Å²) >= 11 is 6.72. The lowest BCUT2D eigenvalue weighted by Crippen LogP contribution is -2.29. The molecule has 0 radical (unpaired) electrons. The quantitative estimate of drug-likeness (QED) is 0.375. The number of pyridine rings is 1. The lowest BCUT2D eigenvalue weighted by Gasteiger charge is -2.14. The number of anilines is 1. The van der Waals surface area contributed by atoms with Crippen molar-refractivity contribution < 1.29 is 4.79 Å². The molecule has 4 rings (SSSR count). The van der Waals surface area contributed by atoms with Gasteiger partial charge in [-0.3, -0.25) is 18.9 Å². The number of thioether (sulfide) groups is 1. The van der Waals surface area contributed by atoms with Crippen LogP contribution in [0.4, 0.5) is 5.82 Å². The molecule has 1 saturated heterocycles. The van der Waals surface area contributed by atoms with Crippen LogP contribution in [-0.4, -0.2) is 37.6 Å². The molecule has 1 aliphatic heterocycles. The van der Waals surface area contributed by atoms with Gasteiger partial charge in [-0.1, -0.05) is 67.3 Å². The first-order valence-corrected chi connectivity index (χ1v) is 12.3. The SMILES string of the molecule is CCCNc1nc2c(C)cccn2c(=O)c1/C=C1\SC(=S)N(CCCc2ccccc2)C1=O. The molecule has 2 aromatic heterocycles. The fourth-order valence-electron chi connectivity index (χ4n) is 3.73. The largest absolute Gasteiger partial charge is 0.369 e. The normalized spacial score (nSPS) is 15.1. The average molecular weight is 479 g/mol. The molecule has 8 heteroatoms. The smallest absolute Gasteiger partial charge is 0.267 e. The van der Waals surface area contributed by atoms with Crippen LogP contribution in [0.2, 0.25) is 0 Å². The van der Waals surface area contributed by atoms with Crippen LogP contribution in [0, 0.1) is 6.92 Å². The molecule has 0 bridgehead atoms. The highest BCUT2D eigenvalue weighted by molar-refractivity contribution is 8.26.